The van der Waals surface area contributed by atoms with Crippen LogP contribution < -0.4 is 5.32 Å². The van der Waals surface area contributed by atoms with Crippen molar-refractivity contribution in [2.75, 3.05) is 32.6 Å². The number of fused-ring (bicyclic) bond motifs is 1. The summed E-state index contributed by atoms with van der Waals surface area (Å²) in [5, 5.41) is 2.75. The third kappa shape index (κ3) is 4.10. The van der Waals surface area contributed by atoms with Gasteiger partial charge < -0.3 is 14.6 Å². The standard InChI is InChI=1S/C14H24N4O4S/c1-4-23(20,21)18-7-6-17-10-12(16-14(17)11(18)2)9-13(19)15-5-8-22-3/h10-11H,4-9H2,1-3H3,(H,15,19). The summed E-state index contributed by atoms with van der Waals surface area (Å²) in [6.45, 7) is 5.37. The Morgan fingerprint density at radius 3 is 2.87 bits per heavy atom. The Kier molecular flexibility index (Phi) is 5.77. The normalized spacial score (nSPS) is 18.7. The monoisotopic (exact) mass is 344 g/mol. The van der Waals surface area contributed by atoms with Crippen molar-refractivity contribution in [1.82, 2.24) is 19.2 Å². The Labute approximate surface area is 136 Å². The van der Waals surface area contributed by atoms with Gasteiger partial charge in [-0.1, -0.05) is 0 Å². The maximum Gasteiger partial charge on any atom is 0.226 e. The second-order valence-corrected chi connectivity index (χ2v) is 7.70. The van der Waals surface area contributed by atoms with E-state index in [1.165, 1.54) is 4.31 Å². The lowest BCUT2D eigenvalue weighted by molar-refractivity contribution is -0.120. The first kappa shape index (κ1) is 17.9. The Morgan fingerprint density at radius 1 is 1.48 bits per heavy atom. The maximum absolute atomic E-state index is 12.1. The van der Waals surface area contributed by atoms with Gasteiger partial charge in [0.05, 0.1) is 30.5 Å². The number of sulfonamides is 1. The number of methoxy groups -OCH3 is 1. The van der Waals surface area contributed by atoms with Gasteiger partial charge in [-0.25, -0.2) is 13.4 Å². The lowest BCUT2D eigenvalue weighted by Crippen LogP contribution is -2.41. The van der Waals surface area contributed by atoms with Gasteiger partial charge in [0.25, 0.3) is 0 Å². The fourth-order valence-electron chi connectivity index (χ4n) is 2.68. The molecule has 1 aromatic rings. The molecule has 1 unspecified atom stereocenters. The number of nitrogens with zero attached hydrogens (tertiary/aromatic N) is 3. The molecule has 0 bridgehead atoms. The van der Waals surface area contributed by atoms with Crippen LogP contribution in [-0.4, -0.2) is 60.7 Å². The highest BCUT2D eigenvalue weighted by atomic mass is 32.2. The van der Waals surface area contributed by atoms with Crippen molar-refractivity contribution in [2.45, 2.75) is 32.9 Å². The second-order valence-electron chi connectivity index (χ2n) is 5.49. The predicted molar refractivity (Wildman–Crippen MR) is 85.4 cm³/mol. The van der Waals surface area contributed by atoms with Gasteiger partial charge in [0.15, 0.2) is 0 Å². The molecule has 0 radical (unpaired) electrons. The molecule has 8 nitrogen and oxygen atoms in total. The van der Waals surface area contributed by atoms with Crippen molar-refractivity contribution in [2.24, 2.45) is 0 Å². The molecule has 0 aromatic carbocycles. The average Bonchev–Trinajstić information content (AvgIpc) is 2.91. The summed E-state index contributed by atoms with van der Waals surface area (Å²) >= 11 is 0. The van der Waals surface area contributed by atoms with Crippen molar-refractivity contribution in [3.8, 4) is 0 Å². The molecule has 130 valence electrons. The van der Waals surface area contributed by atoms with Crippen LogP contribution in [0.1, 0.15) is 31.4 Å². The van der Waals surface area contributed by atoms with Gasteiger partial charge in [-0.3, -0.25) is 4.79 Å². The van der Waals surface area contributed by atoms with Gasteiger partial charge >= 0.3 is 0 Å². The smallest absolute Gasteiger partial charge is 0.226 e. The number of imidazole rings is 1. The van der Waals surface area contributed by atoms with Crippen LogP contribution in [0.3, 0.4) is 0 Å². The van der Waals surface area contributed by atoms with E-state index in [1.54, 1.807) is 14.0 Å². The molecule has 1 atom stereocenters. The third-order valence-corrected chi connectivity index (χ3v) is 5.86. The van der Waals surface area contributed by atoms with E-state index >= 15 is 0 Å². The van der Waals surface area contributed by atoms with E-state index in [-0.39, 0.29) is 24.1 Å². The van der Waals surface area contributed by atoms with Crippen LogP contribution in [0.2, 0.25) is 0 Å². The van der Waals surface area contributed by atoms with Crippen molar-refractivity contribution < 1.29 is 17.9 Å². The number of aromatic nitrogens is 2. The van der Waals surface area contributed by atoms with Crippen LogP contribution in [0.25, 0.3) is 0 Å². The van der Waals surface area contributed by atoms with Crippen molar-refractivity contribution in [1.29, 1.82) is 0 Å². The molecule has 23 heavy (non-hydrogen) atoms. The molecule has 1 aliphatic heterocycles. The Morgan fingerprint density at radius 2 is 2.22 bits per heavy atom. The van der Waals surface area contributed by atoms with Crippen LogP contribution in [0.15, 0.2) is 6.20 Å². The van der Waals surface area contributed by atoms with E-state index in [1.807, 2.05) is 17.7 Å². The Balaban J connectivity index is 2.07. The Hall–Kier alpha value is -1.45. The summed E-state index contributed by atoms with van der Waals surface area (Å²) in [6, 6.07) is -0.320. The molecule has 0 fully saturated rings. The van der Waals surface area contributed by atoms with E-state index < -0.39 is 10.0 Å². The quantitative estimate of drug-likeness (QED) is 0.698. The van der Waals surface area contributed by atoms with E-state index in [0.29, 0.717) is 37.8 Å². The molecule has 9 heteroatoms. The predicted octanol–water partition coefficient (Wildman–Crippen LogP) is -0.0855. The van der Waals surface area contributed by atoms with E-state index in [2.05, 4.69) is 10.3 Å². The topological polar surface area (TPSA) is 93.5 Å². The fraction of sp³-hybridized carbons (Fsp3) is 0.714. The fourth-order valence-corrected chi connectivity index (χ4v) is 3.95. The van der Waals surface area contributed by atoms with E-state index in [9.17, 15) is 13.2 Å². The highest BCUT2D eigenvalue weighted by Crippen LogP contribution is 2.27. The maximum atomic E-state index is 12.1. The highest BCUT2D eigenvalue weighted by Gasteiger charge is 2.33. The van der Waals surface area contributed by atoms with Crippen molar-refractivity contribution in [3.05, 3.63) is 17.7 Å². The van der Waals surface area contributed by atoms with Gasteiger partial charge in [-0.15, -0.1) is 0 Å². The largest absolute Gasteiger partial charge is 0.383 e. The molecule has 1 aromatic heterocycles. The number of nitrogens with one attached hydrogen (secondary N) is 1. The lowest BCUT2D eigenvalue weighted by Gasteiger charge is -2.32. The van der Waals surface area contributed by atoms with Crippen molar-refractivity contribution in [3.63, 3.8) is 0 Å². The number of rotatable bonds is 7. The summed E-state index contributed by atoms with van der Waals surface area (Å²) < 4.78 is 32.5. The van der Waals surface area contributed by atoms with Crippen LogP contribution in [-0.2, 0) is 32.5 Å². The summed E-state index contributed by atoms with van der Waals surface area (Å²) in [5.41, 5.74) is 0.650. The number of amides is 1. The lowest BCUT2D eigenvalue weighted by atomic mass is 10.2. The first-order valence-electron chi connectivity index (χ1n) is 7.70. The SMILES string of the molecule is CCS(=O)(=O)N1CCn2cc(CC(=O)NCCOC)nc2C1C. The number of carbonyl (C=O) groups is 1. The molecular formula is C14H24N4O4S. The van der Waals surface area contributed by atoms with Gasteiger partial charge in [0.1, 0.15) is 5.82 Å². The zero-order valence-electron chi connectivity index (χ0n) is 13.8. The number of ether oxygens (including phenoxy) is 1. The number of hydrogen-bond donors (Lipinski definition) is 1. The average molecular weight is 344 g/mol. The van der Waals surface area contributed by atoms with Gasteiger partial charge in [-0.2, -0.15) is 4.31 Å². The molecule has 2 rings (SSSR count). The molecule has 2 heterocycles. The van der Waals surface area contributed by atoms with Crippen LogP contribution in [0, 0.1) is 0 Å². The molecule has 0 spiro atoms. The molecule has 0 saturated heterocycles. The summed E-state index contributed by atoms with van der Waals surface area (Å²) in [7, 11) is -1.68. The molecule has 0 saturated carbocycles. The molecule has 1 amide bonds. The van der Waals surface area contributed by atoms with Gasteiger partial charge in [0.2, 0.25) is 15.9 Å². The Bertz CT molecular complexity index is 656. The molecule has 1 N–H and O–H groups in total. The molecule has 1 aliphatic rings. The molecular weight excluding hydrogens is 320 g/mol. The van der Waals surface area contributed by atoms with Gasteiger partial charge in [0, 0.05) is 32.9 Å². The summed E-state index contributed by atoms with van der Waals surface area (Å²) in [5.74, 6) is 0.642. The second kappa shape index (κ2) is 7.41. The highest BCUT2D eigenvalue weighted by molar-refractivity contribution is 7.89. The minimum atomic E-state index is -3.26. The zero-order valence-corrected chi connectivity index (χ0v) is 14.6. The number of hydrogen-bond acceptors (Lipinski definition) is 5. The third-order valence-electron chi connectivity index (χ3n) is 3.92. The number of carbonyl (C=O) groups excluding carboxylic acids is 1. The first-order valence-corrected chi connectivity index (χ1v) is 9.31. The minimum absolute atomic E-state index is 0.0762. The minimum Gasteiger partial charge on any atom is -0.383 e. The first-order chi connectivity index (χ1) is 10.9. The zero-order chi connectivity index (χ0) is 17.0. The summed E-state index contributed by atoms with van der Waals surface area (Å²) in [6.07, 6.45) is 2.01. The van der Waals surface area contributed by atoms with E-state index in [0.717, 1.165) is 0 Å². The van der Waals surface area contributed by atoms with Crippen LogP contribution in [0.5, 0.6) is 0 Å². The van der Waals surface area contributed by atoms with Crippen LogP contribution >= 0.6 is 0 Å². The van der Waals surface area contributed by atoms with Crippen molar-refractivity contribution >= 4 is 15.9 Å². The summed E-state index contributed by atoms with van der Waals surface area (Å²) in [4.78, 5) is 16.3. The van der Waals surface area contributed by atoms with Crippen LogP contribution in [0.4, 0.5) is 0 Å². The molecule has 0 aliphatic carbocycles. The van der Waals surface area contributed by atoms with E-state index in [4.69, 9.17) is 4.74 Å². The van der Waals surface area contributed by atoms with Gasteiger partial charge in [-0.05, 0) is 13.8 Å².